The van der Waals surface area contributed by atoms with Crippen molar-refractivity contribution >= 4 is 0 Å². The topological polar surface area (TPSA) is 106 Å². The first-order valence-electron chi connectivity index (χ1n) is 6.73. The van der Waals surface area contributed by atoms with Gasteiger partial charge in [0.05, 0.1) is 19.3 Å². The van der Waals surface area contributed by atoms with Crippen molar-refractivity contribution < 1.29 is 14.9 Å². The minimum absolute atomic E-state index is 0.149. The number of nitrogens with two attached hydrogens (primary N) is 1. The van der Waals surface area contributed by atoms with E-state index in [1.807, 2.05) is 31.2 Å². The highest BCUT2D eigenvalue weighted by molar-refractivity contribution is 5.26. The fraction of sp³-hybridized carbons (Fsp3) is 0.429. The summed E-state index contributed by atoms with van der Waals surface area (Å²) in [5, 5.41) is 26.3. The van der Waals surface area contributed by atoms with Crippen molar-refractivity contribution in [2.75, 3.05) is 6.61 Å². The van der Waals surface area contributed by atoms with E-state index in [1.54, 1.807) is 0 Å². The molecule has 1 aromatic carbocycles. The Bertz CT molecular complexity index is 568. The molecule has 0 saturated heterocycles. The molecule has 0 bridgehead atoms. The minimum atomic E-state index is -0.893. The fourth-order valence-corrected chi connectivity index (χ4v) is 1.88. The van der Waals surface area contributed by atoms with Crippen LogP contribution < -0.4 is 10.5 Å². The maximum absolute atomic E-state index is 9.52. The first-order valence-corrected chi connectivity index (χ1v) is 6.73. The smallest absolute Gasteiger partial charge is 0.132 e. The largest absolute Gasteiger partial charge is 0.487 e. The van der Waals surface area contributed by atoms with Gasteiger partial charge in [-0.2, -0.15) is 0 Å². The standard InChI is InChI=1S/C14H20N4O3/c1-10-2-4-12(5-3-10)21-9-14-13(6-15)16-17-18(14)7-11(20)8-19/h2-5,11,19-20H,6-9,15H2,1H3. The second-order valence-corrected chi connectivity index (χ2v) is 4.81. The van der Waals surface area contributed by atoms with Crippen LogP contribution in [0.15, 0.2) is 24.3 Å². The van der Waals surface area contributed by atoms with Gasteiger partial charge in [-0.25, -0.2) is 4.68 Å². The van der Waals surface area contributed by atoms with Crippen LogP contribution in [-0.2, 0) is 19.7 Å². The lowest BCUT2D eigenvalue weighted by atomic mass is 10.2. The summed E-state index contributed by atoms with van der Waals surface area (Å²) in [7, 11) is 0. The average molecular weight is 292 g/mol. The lowest BCUT2D eigenvalue weighted by Crippen LogP contribution is -2.23. The molecule has 114 valence electrons. The van der Waals surface area contributed by atoms with Crippen LogP contribution in [0, 0.1) is 6.92 Å². The molecule has 0 aliphatic carbocycles. The number of aliphatic hydroxyl groups excluding tert-OH is 2. The Labute approximate surface area is 123 Å². The summed E-state index contributed by atoms with van der Waals surface area (Å²) >= 11 is 0. The number of hydrogen-bond acceptors (Lipinski definition) is 6. The van der Waals surface area contributed by atoms with Crippen molar-refractivity contribution in [3.05, 3.63) is 41.2 Å². The van der Waals surface area contributed by atoms with Gasteiger partial charge in [-0.15, -0.1) is 5.10 Å². The van der Waals surface area contributed by atoms with E-state index in [0.717, 1.165) is 11.3 Å². The van der Waals surface area contributed by atoms with Gasteiger partial charge >= 0.3 is 0 Å². The third-order valence-electron chi connectivity index (χ3n) is 3.10. The Morgan fingerprint density at radius 1 is 1.33 bits per heavy atom. The summed E-state index contributed by atoms with van der Waals surface area (Å²) in [5.74, 6) is 0.735. The van der Waals surface area contributed by atoms with Crippen LogP contribution in [0.25, 0.3) is 0 Å². The molecular formula is C14H20N4O3. The first kappa shape index (κ1) is 15.4. The van der Waals surface area contributed by atoms with E-state index in [4.69, 9.17) is 15.6 Å². The van der Waals surface area contributed by atoms with E-state index in [2.05, 4.69) is 10.3 Å². The number of hydrogen-bond donors (Lipinski definition) is 3. The zero-order valence-electron chi connectivity index (χ0n) is 11.9. The molecule has 1 unspecified atom stereocenters. The van der Waals surface area contributed by atoms with Crippen LogP contribution >= 0.6 is 0 Å². The second kappa shape index (κ2) is 7.16. The molecule has 7 nitrogen and oxygen atoms in total. The highest BCUT2D eigenvalue weighted by Crippen LogP contribution is 2.15. The molecule has 0 radical (unpaired) electrons. The normalized spacial score (nSPS) is 12.4. The lowest BCUT2D eigenvalue weighted by Gasteiger charge is -2.12. The number of rotatable bonds is 7. The Balaban J connectivity index is 2.10. The molecule has 0 saturated carbocycles. The highest BCUT2D eigenvalue weighted by Gasteiger charge is 2.15. The molecule has 1 atom stereocenters. The van der Waals surface area contributed by atoms with E-state index in [1.165, 1.54) is 4.68 Å². The Hall–Kier alpha value is -1.96. The van der Waals surface area contributed by atoms with Crippen molar-refractivity contribution in [2.45, 2.75) is 32.7 Å². The molecule has 1 heterocycles. The Morgan fingerprint density at radius 3 is 2.67 bits per heavy atom. The van der Waals surface area contributed by atoms with Gasteiger partial charge in [-0.3, -0.25) is 0 Å². The number of nitrogens with zero attached hydrogens (tertiary/aromatic N) is 3. The monoisotopic (exact) mass is 292 g/mol. The van der Waals surface area contributed by atoms with E-state index in [-0.39, 0.29) is 26.3 Å². The Morgan fingerprint density at radius 2 is 2.05 bits per heavy atom. The zero-order valence-corrected chi connectivity index (χ0v) is 11.9. The van der Waals surface area contributed by atoms with Gasteiger partial charge in [0.2, 0.25) is 0 Å². The van der Waals surface area contributed by atoms with Crippen LogP contribution in [0.1, 0.15) is 17.0 Å². The number of aromatic nitrogens is 3. The Kier molecular flexibility index (Phi) is 5.26. The van der Waals surface area contributed by atoms with E-state index >= 15 is 0 Å². The van der Waals surface area contributed by atoms with Crippen LogP contribution in [0.5, 0.6) is 5.75 Å². The quantitative estimate of drug-likeness (QED) is 0.662. The molecule has 1 aromatic heterocycles. The van der Waals surface area contributed by atoms with Crippen molar-refractivity contribution in [1.82, 2.24) is 15.0 Å². The summed E-state index contributed by atoms with van der Waals surface area (Å²) in [6.45, 7) is 2.31. The molecule has 0 amide bonds. The zero-order chi connectivity index (χ0) is 15.2. The molecule has 2 rings (SSSR count). The number of aliphatic hydroxyl groups is 2. The first-order chi connectivity index (χ1) is 10.1. The number of aryl methyl sites for hydroxylation is 1. The summed E-state index contributed by atoms with van der Waals surface area (Å²) in [4.78, 5) is 0. The number of benzene rings is 1. The van der Waals surface area contributed by atoms with Gasteiger partial charge in [0.15, 0.2) is 0 Å². The number of ether oxygens (including phenoxy) is 1. The third kappa shape index (κ3) is 4.01. The van der Waals surface area contributed by atoms with Crippen molar-refractivity contribution in [1.29, 1.82) is 0 Å². The van der Waals surface area contributed by atoms with E-state index in [9.17, 15) is 5.11 Å². The molecule has 7 heteroatoms. The van der Waals surface area contributed by atoms with Gasteiger partial charge in [-0.05, 0) is 19.1 Å². The third-order valence-corrected chi connectivity index (χ3v) is 3.10. The van der Waals surface area contributed by atoms with Gasteiger partial charge in [0.25, 0.3) is 0 Å². The van der Waals surface area contributed by atoms with Gasteiger partial charge < -0.3 is 20.7 Å². The molecule has 4 N–H and O–H groups in total. The summed E-state index contributed by atoms with van der Waals surface area (Å²) < 4.78 is 7.21. The maximum Gasteiger partial charge on any atom is 0.132 e. The highest BCUT2D eigenvalue weighted by atomic mass is 16.5. The molecule has 2 aromatic rings. The molecule has 0 aliphatic rings. The molecule has 0 spiro atoms. The minimum Gasteiger partial charge on any atom is -0.487 e. The van der Waals surface area contributed by atoms with E-state index in [0.29, 0.717) is 11.4 Å². The predicted molar refractivity (Wildman–Crippen MR) is 76.5 cm³/mol. The van der Waals surface area contributed by atoms with Crippen LogP contribution in [-0.4, -0.2) is 37.9 Å². The van der Waals surface area contributed by atoms with Crippen LogP contribution in [0.2, 0.25) is 0 Å². The summed E-state index contributed by atoms with van der Waals surface area (Å²) in [6, 6.07) is 7.69. The fourth-order valence-electron chi connectivity index (χ4n) is 1.88. The van der Waals surface area contributed by atoms with Crippen molar-refractivity contribution in [3.63, 3.8) is 0 Å². The van der Waals surface area contributed by atoms with E-state index < -0.39 is 6.10 Å². The van der Waals surface area contributed by atoms with Gasteiger partial charge in [0.1, 0.15) is 23.7 Å². The van der Waals surface area contributed by atoms with Gasteiger partial charge in [0, 0.05) is 6.54 Å². The molecular weight excluding hydrogens is 272 g/mol. The van der Waals surface area contributed by atoms with Gasteiger partial charge in [-0.1, -0.05) is 22.9 Å². The molecule has 0 aliphatic heterocycles. The van der Waals surface area contributed by atoms with Crippen molar-refractivity contribution in [2.24, 2.45) is 5.73 Å². The average Bonchev–Trinajstić information content (AvgIpc) is 2.88. The van der Waals surface area contributed by atoms with Crippen LogP contribution in [0.3, 0.4) is 0 Å². The van der Waals surface area contributed by atoms with Crippen molar-refractivity contribution in [3.8, 4) is 5.75 Å². The molecule has 21 heavy (non-hydrogen) atoms. The summed E-state index contributed by atoms with van der Waals surface area (Å²) in [6.07, 6.45) is -0.893. The predicted octanol–water partition coefficient (Wildman–Crippen LogP) is -0.0226. The van der Waals surface area contributed by atoms with Crippen LogP contribution in [0.4, 0.5) is 0 Å². The lowest BCUT2D eigenvalue weighted by molar-refractivity contribution is 0.0761. The maximum atomic E-state index is 9.52. The SMILES string of the molecule is Cc1ccc(OCc2c(CN)nnn2CC(O)CO)cc1. The second-order valence-electron chi connectivity index (χ2n) is 4.81. The molecule has 0 fully saturated rings. The summed E-state index contributed by atoms with van der Waals surface area (Å²) in [5.41, 5.74) is 8.11.